The van der Waals surface area contributed by atoms with E-state index in [4.69, 9.17) is 0 Å². The summed E-state index contributed by atoms with van der Waals surface area (Å²) in [6.07, 6.45) is 8.76. The zero-order valence-electron chi connectivity index (χ0n) is 16.4. The summed E-state index contributed by atoms with van der Waals surface area (Å²) in [5, 5.41) is 2.92. The summed E-state index contributed by atoms with van der Waals surface area (Å²) in [6.45, 7) is 6.07. The largest absolute Gasteiger partial charge is 0.336 e. The second kappa shape index (κ2) is 7.57. The van der Waals surface area contributed by atoms with Crippen molar-refractivity contribution in [2.75, 3.05) is 6.54 Å². The monoisotopic (exact) mass is 363 g/mol. The molecule has 0 bridgehead atoms. The molecule has 0 aromatic rings. The smallest absolute Gasteiger partial charge is 0.325 e. The number of amides is 4. The Balaban J connectivity index is 1.68. The zero-order valence-corrected chi connectivity index (χ0v) is 16.4. The van der Waals surface area contributed by atoms with Gasteiger partial charge in [-0.25, -0.2) is 4.79 Å². The van der Waals surface area contributed by atoms with Gasteiger partial charge < -0.3 is 10.2 Å². The van der Waals surface area contributed by atoms with Crippen LogP contribution < -0.4 is 5.32 Å². The highest BCUT2D eigenvalue weighted by Gasteiger charge is 2.53. The van der Waals surface area contributed by atoms with Gasteiger partial charge in [0.15, 0.2) is 0 Å². The molecule has 1 saturated heterocycles. The molecule has 1 aliphatic heterocycles. The van der Waals surface area contributed by atoms with E-state index in [1.807, 2.05) is 18.7 Å². The molecule has 6 nitrogen and oxygen atoms in total. The van der Waals surface area contributed by atoms with E-state index < -0.39 is 11.6 Å². The van der Waals surface area contributed by atoms with Gasteiger partial charge in [-0.2, -0.15) is 0 Å². The van der Waals surface area contributed by atoms with Crippen LogP contribution in [0.3, 0.4) is 0 Å². The summed E-state index contributed by atoms with van der Waals surface area (Å²) >= 11 is 0. The third kappa shape index (κ3) is 3.47. The first-order valence-electron chi connectivity index (χ1n) is 10.3. The molecule has 26 heavy (non-hydrogen) atoms. The highest BCUT2D eigenvalue weighted by Crippen LogP contribution is 2.37. The molecule has 4 amide bonds. The number of imide groups is 1. The SMILES string of the molecule is CCC1CCC2(CC1)NC(=O)N(CC(=O)N(C(C)C)C1CCCC1)C2=O. The maximum absolute atomic E-state index is 13.0. The lowest BCUT2D eigenvalue weighted by atomic mass is 9.75. The van der Waals surface area contributed by atoms with Gasteiger partial charge in [0.1, 0.15) is 12.1 Å². The molecule has 6 heteroatoms. The normalized spacial score (nSPS) is 29.7. The summed E-state index contributed by atoms with van der Waals surface area (Å²) in [6, 6.07) is -0.0639. The number of hydrogen-bond donors (Lipinski definition) is 1. The molecular formula is C20H33N3O3. The first-order chi connectivity index (χ1) is 12.4. The summed E-state index contributed by atoms with van der Waals surface area (Å²) in [7, 11) is 0. The Bertz CT molecular complexity index is 561. The van der Waals surface area contributed by atoms with Gasteiger partial charge >= 0.3 is 6.03 Å². The van der Waals surface area contributed by atoms with E-state index in [1.54, 1.807) is 0 Å². The fraction of sp³-hybridized carbons (Fsp3) is 0.850. The summed E-state index contributed by atoms with van der Waals surface area (Å²) in [4.78, 5) is 41.5. The quantitative estimate of drug-likeness (QED) is 0.763. The Morgan fingerprint density at radius 3 is 2.35 bits per heavy atom. The third-order valence-electron chi connectivity index (χ3n) is 6.64. The molecule has 2 saturated carbocycles. The van der Waals surface area contributed by atoms with E-state index in [1.165, 1.54) is 4.90 Å². The Kier molecular flexibility index (Phi) is 5.58. The van der Waals surface area contributed by atoms with Crippen LogP contribution in [0.15, 0.2) is 0 Å². The number of rotatable bonds is 5. The molecule has 3 rings (SSSR count). The topological polar surface area (TPSA) is 69.7 Å². The van der Waals surface area contributed by atoms with Crippen LogP contribution in [-0.2, 0) is 9.59 Å². The van der Waals surface area contributed by atoms with Crippen LogP contribution >= 0.6 is 0 Å². The van der Waals surface area contributed by atoms with Crippen molar-refractivity contribution in [1.82, 2.24) is 15.1 Å². The van der Waals surface area contributed by atoms with Crippen LogP contribution in [-0.4, -0.2) is 51.8 Å². The van der Waals surface area contributed by atoms with E-state index in [-0.39, 0.29) is 30.4 Å². The molecule has 3 fully saturated rings. The Labute approximate surface area is 156 Å². The number of carbonyl (C=O) groups is 3. The summed E-state index contributed by atoms with van der Waals surface area (Å²) < 4.78 is 0. The molecular weight excluding hydrogens is 330 g/mol. The van der Waals surface area contributed by atoms with Crippen LogP contribution in [0.2, 0.25) is 0 Å². The lowest BCUT2D eigenvalue weighted by Gasteiger charge is -2.35. The van der Waals surface area contributed by atoms with Crippen molar-refractivity contribution in [3.63, 3.8) is 0 Å². The minimum absolute atomic E-state index is 0.0836. The first kappa shape index (κ1) is 19.2. The van der Waals surface area contributed by atoms with Crippen molar-refractivity contribution in [3.05, 3.63) is 0 Å². The van der Waals surface area contributed by atoms with Gasteiger partial charge in [0.2, 0.25) is 5.91 Å². The number of nitrogens with zero attached hydrogens (tertiary/aromatic N) is 2. The fourth-order valence-corrected chi connectivity index (χ4v) is 5.05. The molecule has 0 aromatic heterocycles. The van der Waals surface area contributed by atoms with Gasteiger partial charge in [0.05, 0.1) is 0 Å². The maximum atomic E-state index is 13.0. The van der Waals surface area contributed by atoms with Crippen LogP contribution in [0.25, 0.3) is 0 Å². The Morgan fingerprint density at radius 1 is 1.19 bits per heavy atom. The zero-order chi connectivity index (χ0) is 18.9. The number of carbonyl (C=O) groups excluding carboxylic acids is 3. The maximum Gasteiger partial charge on any atom is 0.325 e. The van der Waals surface area contributed by atoms with E-state index in [0.29, 0.717) is 18.8 Å². The lowest BCUT2D eigenvalue weighted by Crippen LogP contribution is -2.51. The van der Waals surface area contributed by atoms with Gasteiger partial charge in [-0.1, -0.05) is 26.2 Å². The van der Waals surface area contributed by atoms with Gasteiger partial charge in [0.25, 0.3) is 5.91 Å². The van der Waals surface area contributed by atoms with Gasteiger partial charge in [-0.15, -0.1) is 0 Å². The van der Waals surface area contributed by atoms with E-state index in [9.17, 15) is 14.4 Å². The van der Waals surface area contributed by atoms with E-state index in [2.05, 4.69) is 12.2 Å². The number of nitrogens with one attached hydrogen (secondary N) is 1. The third-order valence-corrected chi connectivity index (χ3v) is 6.64. The van der Waals surface area contributed by atoms with Gasteiger partial charge in [-0.05, 0) is 58.3 Å². The molecule has 146 valence electrons. The average molecular weight is 364 g/mol. The van der Waals surface area contributed by atoms with Crippen LogP contribution in [0.4, 0.5) is 4.79 Å². The standard InChI is InChI=1S/C20H33N3O3/c1-4-15-9-11-20(12-10-15)18(25)22(19(26)21-20)13-17(24)23(14(2)3)16-7-5-6-8-16/h14-16H,4-13H2,1-3H3,(H,21,26). The lowest BCUT2D eigenvalue weighted by molar-refractivity contribution is -0.142. The molecule has 1 N–H and O–H groups in total. The second-order valence-corrected chi connectivity index (χ2v) is 8.59. The van der Waals surface area contributed by atoms with Crippen LogP contribution in [0.1, 0.15) is 78.6 Å². The first-order valence-corrected chi connectivity index (χ1v) is 10.3. The van der Waals surface area contributed by atoms with Crippen molar-refractivity contribution in [2.45, 2.75) is 96.2 Å². The molecule has 0 atom stereocenters. The van der Waals surface area contributed by atoms with Crippen LogP contribution in [0, 0.1) is 5.92 Å². The Hall–Kier alpha value is -1.59. The molecule has 0 radical (unpaired) electrons. The second-order valence-electron chi connectivity index (χ2n) is 8.59. The van der Waals surface area contributed by atoms with Crippen molar-refractivity contribution in [2.24, 2.45) is 5.92 Å². The number of hydrogen-bond acceptors (Lipinski definition) is 3. The van der Waals surface area contributed by atoms with Gasteiger partial charge in [0, 0.05) is 12.1 Å². The highest BCUT2D eigenvalue weighted by molar-refractivity contribution is 6.09. The number of urea groups is 1. The minimum atomic E-state index is -0.765. The predicted molar refractivity (Wildman–Crippen MR) is 99.5 cm³/mol. The molecule has 3 aliphatic rings. The summed E-state index contributed by atoms with van der Waals surface area (Å²) in [5.41, 5.74) is -0.765. The molecule has 0 unspecified atom stereocenters. The van der Waals surface area contributed by atoms with Gasteiger partial charge in [-0.3, -0.25) is 14.5 Å². The van der Waals surface area contributed by atoms with E-state index in [0.717, 1.165) is 44.9 Å². The fourth-order valence-electron chi connectivity index (χ4n) is 5.05. The molecule has 0 aromatic carbocycles. The van der Waals surface area contributed by atoms with E-state index >= 15 is 0 Å². The van der Waals surface area contributed by atoms with Crippen molar-refractivity contribution in [1.29, 1.82) is 0 Å². The van der Waals surface area contributed by atoms with Crippen molar-refractivity contribution >= 4 is 17.8 Å². The molecule has 1 heterocycles. The summed E-state index contributed by atoms with van der Waals surface area (Å²) in [5.74, 6) is 0.343. The molecule has 2 aliphatic carbocycles. The highest BCUT2D eigenvalue weighted by atomic mass is 16.2. The Morgan fingerprint density at radius 2 is 1.81 bits per heavy atom. The predicted octanol–water partition coefficient (Wildman–Crippen LogP) is 3.06. The minimum Gasteiger partial charge on any atom is -0.336 e. The van der Waals surface area contributed by atoms with Crippen molar-refractivity contribution in [3.8, 4) is 0 Å². The molecule has 1 spiro atoms. The van der Waals surface area contributed by atoms with Crippen LogP contribution in [0.5, 0.6) is 0 Å². The van der Waals surface area contributed by atoms with Crippen molar-refractivity contribution < 1.29 is 14.4 Å². The average Bonchev–Trinajstić information content (AvgIpc) is 3.19.